The predicted molar refractivity (Wildman–Crippen MR) is 151 cm³/mol. The third kappa shape index (κ3) is 4.83. The van der Waals surface area contributed by atoms with Gasteiger partial charge in [-0.25, -0.2) is 0 Å². The van der Waals surface area contributed by atoms with Gasteiger partial charge in [0.15, 0.2) is 0 Å². The zero-order valence-electron chi connectivity index (χ0n) is 22.1. The standard InChI is InChI=1S/C30H31N7O2/c1-22-12-14-24(15-13-22)26-20-27(23-8-4-3-5-9-23)37-30(31-32-33-37)36(26)21-29(38)35-18-16-34(17-19-35)25-10-6-7-11-28(25)39-2/h3-15,20,27H,16-19,21H2,1-2H3. The van der Waals surface area contributed by atoms with Crippen molar-refractivity contribution in [2.24, 2.45) is 0 Å². The molecule has 9 heteroatoms. The Hall–Kier alpha value is -4.66. The van der Waals surface area contributed by atoms with Crippen LogP contribution in [0.5, 0.6) is 5.75 Å². The van der Waals surface area contributed by atoms with E-state index >= 15 is 0 Å². The average Bonchev–Trinajstić information content (AvgIpc) is 3.48. The Kier molecular flexibility index (Phi) is 6.71. The van der Waals surface area contributed by atoms with Gasteiger partial charge in [0.2, 0.25) is 5.91 Å². The summed E-state index contributed by atoms with van der Waals surface area (Å²) in [4.78, 5) is 19.8. The molecule has 1 aromatic heterocycles. The second kappa shape index (κ2) is 10.6. The summed E-state index contributed by atoms with van der Waals surface area (Å²) < 4.78 is 7.34. The van der Waals surface area contributed by atoms with Crippen molar-refractivity contribution >= 4 is 23.2 Å². The highest BCUT2D eigenvalue weighted by atomic mass is 16.5. The third-order valence-electron chi connectivity index (χ3n) is 7.43. The van der Waals surface area contributed by atoms with Gasteiger partial charge in [0, 0.05) is 26.2 Å². The number of benzene rings is 3. The van der Waals surface area contributed by atoms with Crippen LogP contribution in [-0.2, 0) is 4.79 Å². The number of carbonyl (C=O) groups is 1. The van der Waals surface area contributed by atoms with E-state index in [0.717, 1.165) is 41.4 Å². The number of piperazine rings is 1. The average molecular weight is 522 g/mol. The molecule has 1 fully saturated rings. The SMILES string of the molecule is COc1ccccc1N1CCN(C(=O)CN2C(c3ccc(C)cc3)=CC(c3ccccc3)n3nnnc32)CC1. The number of aryl methyl sites for hydroxylation is 1. The highest BCUT2D eigenvalue weighted by Gasteiger charge is 2.33. The quantitative estimate of drug-likeness (QED) is 0.382. The topological polar surface area (TPSA) is 79.6 Å². The van der Waals surface area contributed by atoms with Crippen molar-refractivity contribution < 1.29 is 9.53 Å². The Morgan fingerprint density at radius 3 is 2.38 bits per heavy atom. The highest BCUT2D eigenvalue weighted by Crippen LogP contribution is 2.36. The molecular formula is C30H31N7O2. The van der Waals surface area contributed by atoms with E-state index in [0.29, 0.717) is 19.0 Å². The smallest absolute Gasteiger partial charge is 0.251 e. The number of rotatable bonds is 6. The molecule has 4 aromatic rings. The van der Waals surface area contributed by atoms with E-state index in [4.69, 9.17) is 4.74 Å². The number of tetrazole rings is 1. The number of hydrogen-bond donors (Lipinski definition) is 0. The number of hydrogen-bond acceptors (Lipinski definition) is 7. The van der Waals surface area contributed by atoms with Crippen LogP contribution in [0.25, 0.3) is 5.70 Å². The lowest BCUT2D eigenvalue weighted by Gasteiger charge is -2.38. The Morgan fingerprint density at radius 1 is 0.923 bits per heavy atom. The molecular weight excluding hydrogens is 490 g/mol. The van der Waals surface area contributed by atoms with E-state index in [9.17, 15) is 4.79 Å². The number of nitrogens with zero attached hydrogens (tertiary/aromatic N) is 7. The fourth-order valence-electron chi connectivity index (χ4n) is 5.31. The molecule has 39 heavy (non-hydrogen) atoms. The normalized spacial score (nSPS) is 17.0. The Morgan fingerprint density at radius 2 is 1.64 bits per heavy atom. The maximum Gasteiger partial charge on any atom is 0.251 e. The van der Waals surface area contributed by atoms with Crippen LogP contribution in [0.15, 0.2) is 84.9 Å². The molecule has 2 aliphatic rings. The summed E-state index contributed by atoms with van der Waals surface area (Å²) in [6.07, 6.45) is 2.15. The lowest BCUT2D eigenvalue weighted by molar-refractivity contribution is -0.129. The van der Waals surface area contributed by atoms with Gasteiger partial charge in [-0.3, -0.25) is 9.69 Å². The third-order valence-corrected chi connectivity index (χ3v) is 7.43. The van der Waals surface area contributed by atoms with Gasteiger partial charge in [0.1, 0.15) is 18.3 Å². The molecule has 1 atom stereocenters. The minimum absolute atomic E-state index is 0.0420. The van der Waals surface area contributed by atoms with E-state index in [1.165, 1.54) is 5.56 Å². The molecule has 0 N–H and O–H groups in total. The van der Waals surface area contributed by atoms with Gasteiger partial charge in [-0.2, -0.15) is 4.68 Å². The maximum atomic E-state index is 13.7. The van der Waals surface area contributed by atoms with Gasteiger partial charge in [0.05, 0.1) is 18.5 Å². The van der Waals surface area contributed by atoms with Crippen molar-refractivity contribution in [1.82, 2.24) is 25.1 Å². The van der Waals surface area contributed by atoms with Gasteiger partial charge in [-0.15, -0.1) is 0 Å². The fraction of sp³-hybridized carbons (Fsp3) is 0.267. The molecule has 0 spiro atoms. The van der Waals surface area contributed by atoms with Crippen LogP contribution in [0.3, 0.4) is 0 Å². The summed E-state index contributed by atoms with van der Waals surface area (Å²) >= 11 is 0. The first-order chi connectivity index (χ1) is 19.1. The maximum absolute atomic E-state index is 13.7. The number of carbonyl (C=O) groups excluding carboxylic acids is 1. The molecule has 0 bridgehead atoms. The van der Waals surface area contributed by atoms with Crippen LogP contribution in [0.1, 0.15) is 22.7 Å². The second-order valence-corrected chi connectivity index (χ2v) is 9.82. The number of fused-ring (bicyclic) bond motifs is 1. The summed E-state index contributed by atoms with van der Waals surface area (Å²) in [5.74, 6) is 1.45. The van der Waals surface area contributed by atoms with Crippen LogP contribution < -0.4 is 14.5 Å². The Labute approximate surface area is 227 Å². The summed E-state index contributed by atoms with van der Waals surface area (Å²) in [5, 5.41) is 12.7. The van der Waals surface area contributed by atoms with Gasteiger partial charge < -0.3 is 14.5 Å². The molecule has 1 amide bonds. The number of para-hydroxylation sites is 2. The number of ether oxygens (including phenoxy) is 1. The van der Waals surface area contributed by atoms with Crippen molar-refractivity contribution in [2.45, 2.75) is 13.0 Å². The number of aromatic nitrogens is 4. The summed E-state index contributed by atoms with van der Waals surface area (Å²) in [7, 11) is 1.69. The fourth-order valence-corrected chi connectivity index (χ4v) is 5.31. The van der Waals surface area contributed by atoms with Crippen molar-refractivity contribution in [3.63, 3.8) is 0 Å². The molecule has 9 nitrogen and oxygen atoms in total. The van der Waals surface area contributed by atoms with E-state index < -0.39 is 0 Å². The number of methoxy groups -OCH3 is 1. The minimum atomic E-state index is -0.178. The molecule has 1 unspecified atom stereocenters. The lowest BCUT2D eigenvalue weighted by Crippen LogP contribution is -2.51. The van der Waals surface area contributed by atoms with Gasteiger partial charge in [0.25, 0.3) is 5.95 Å². The van der Waals surface area contributed by atoms with E-state index in [2.05, 4.69) is 75.9 Å². The Balaban J connectivity index is 1.26. The summed E-state index contributed by atoms with van der Waals surface area (Å²) in [5.41, 5.74) is 5.25. The lowest BCUT2D eigenvalue weighted by atomic mass is 10.00. The predicted octanol–water partition coefficient (Wildman–Crippen LogP) is 3.79. The highest BCUT2D eigenvalue weighted by molar-refractivity contribution is 5.89. The molecule has 0 aliphatic carbocycles. The van der Waals surface area contributed by atoms with E-state index in [-0.39, 0.29) is 18.5 Å². The van der Waals surface area contributed by atoms with Crippen LogP contribution in [-0.4, -0.2) is 70.8 Å². The molecule has 2 aliphatic heterocycles. The minimum Gasteiger partial charge on any atom is -0.495 e. The van der Waals surface area contributed by atoms with E-state index in [1.807, 2.05) is 46.2 Å². The molecule has 0 saturated carbocycles. The van der Waals surface area contributed by atoms with Crippen molar-refractivity contribution in [3.05, 3.63) is 102 Å². The second-order valence-electron chi connectivity index (χ2n) is 9.82. The van der Waals surface area contributed by atoms with Gasteiger partial charge in [-0.05, 0) is 46.7 Å². The first-order valence-corrected chi connectivity index (χ1v) is 13.2. The molecule has 6 rings (SSSR count). The largest absolute Gasteiger partial charge is 0.495 e. The molecule has 198 valence electrons. The van der Waals surface area contributed by atoms with Crippen molar-refractivity contribution in [1.29, 1.82) is 0 Å². The first-order valence-electron chi connectivity index (χ1n) is 13.2. The summed E-state index contributed by atoms with van der Waals surface area (Å²) in [6.45, 7) is 4.95. The molecule has 0 radical (unpaired) electrons. The number of allylic oxidation sites excluding steroid dienone is 1. The van der Waals surface area contributed by atoms with Crippen LogP contribution >= 0.6 is 0 Å². The van der Waals surface area contributed by atoms with Crippen LogP contribution in [0, 0.1) is 6.92 Å². The molecule has 3 heterocycles. The number of anilines is 2. The molecule has 3 aromatic carbocycles. The van der Waals surface area contributed by atoms with Crippen LogP contribution in [0.2, 0.25) is 0 Å². The number of amides is 1. The zero-order chi connectivity index (χ0) is 26.8. The van der Waals surface area contributed by atoms with Gasteiger partial charge in [-0.1, -0.05) is 77.4 Å². The van der Waals surface area contributed by atoms with Crippen molar-refractivity contribution in [3.8, 4) is 5.75 Å². The first kappa shape index (κ1) is 24.7. The van der Waals surface area contributed by atoms with Crippen molar-refractivity contribution in [2.75, 3.05) is 49.6 Å². The molecule has 1 saturated heterocycles. The summed E-state index contributed by atoms with van der Waals surface area (Å²) in [6, 6.07) is 26.3. The van der Waals surface area contributed by atoms with Crippen LogP contribution in [0.4, 0.5) is 11.6 Å². The monoisotopic (exact) mass is 521 g/mol. The van der Waals surface area contributed by atoms with E-state index in [1.54, 1.807) is 11.8 Å². The Bertz CT molecular complexity index is 1470. The zero-order valence-corrected chi connectivity index (χ0v) is 22.1. The van der Waals surface area contributed by atoms with Gasteiger partial charge >= 0.3 is 0 Å².